The molecule has 1 atom stereocenters. The standard InChI is InChI=1S/C17H16Cl2N6O3S/c1-10-14(18)9-25(23-10)11(2)17(26)20-12-3-5-13(6-4-12)29(27,28)24-16-8-7-15(19)21-22-16/h3-9,11H,1-2H3,(H,20,26)(H,22,24). The number of hydrogen-bond acceptors (Lipinski definition) is 6. The SMILES string of the molecule is Cc1nn(C(C)C(=O)Nc2ccc(S(=O)(=O)Nc3ccc(Cl)nn3)cc2)cc1Cl. The third kappa shape index (κ3) is 5.03. The largest absolute Gasteiger partial charge is 0.324 e. The number of hydrogen-bond donors (Lipinski definition) is 2. The number of carbonyl (C=O) groups excluding carboxylic acids is 1. The highest BCUT2D eigenvalue weighted by molar-refractivity contribution is 7.92. The second kappa shape index (κ2) is 8.36. The van der Waals surface area contributed by atoms with Crippen LogP contribution in [0.2, 0.25) is 10.2 Å². The van der Waals surface area contributed by atoms with Gasteiger partial charge in [0.25, 0.3) is 10.0 Å². The molecule has 1 aromatic carbocycles. The van der Waals surface area contributed by atoms with Crippen LogP contribution in [-0.4, -0.2) is 34.3 Å². The highest BCUT2D eigenvalue weighted by Crippen LogP contribution is 2.20. The lowest BCUT2D eigenvalue weighted by Gasteiger charge is -2.13. The molecule has 12 heteroatoms. The van der Waals surface area contributed by atoms with Crippen molar-refractivity contribution in [3.63, 3.8) is 0 Å². The van der Waals surface area contributed by atoms with Gasteiger partial charge < -0.3 is 5.32 Å². The van der Waals surface area contributed by atoms with E-state index in [4.69, 9.17) is 23.2 Å². The summed E-state index contributed by atoms with van der Waals surface area (Å²) in [7, 11) is -3.87. The van der Waals surface area contributed by atoms with Crippen molar-refractivity contribution in [2.45, 2.75) is 24.8 Å². The predicted octanol–water partition coefficient (Wildman–Crippen LogP) is 3.29. The van der Waals surface area contributed by atoms with Crippen LogP contribution in [0, 0.1) is 6.92 Å². The maximum atomic E-state index is 12.4. The molecule has 0 fully saturated rings. The Bertz CT molecular complexity index is 1110. The van der Waals surface area contributed by atoms with Crippen LogP contribution in [0.1, 0.15) is 18.7 Å². The maximum Gasteiger partial charge on any atom is 0.263 e. The van der Waals surface area contributed by atoms with E-state index < -0.39 is 16.1 Å². The molecule has 2 aromatic heterocycles. The molecule has 0 bridgehead atoms. The van der Waals surface area contributed by atoms with E-state index in [1.54, 1.807) is 20.0 Å². The van der Waals surface area contributed by atoms with E-state index in [0.717, 1.165) is 0 Å². The summed E-state index contributed by atoms with van der Waals surface area (Å²) in [6, 6.07) is 7.89. The van der Waals surface area contributed by atoms with Crippen LogP contribution in [0.5, 0.6) is 0 Å². The number of nitrogens with one attached hydrogen (secondary N) is 2. The molecule has 3 rings (SSSR count). The maximum absolute atomic E-state index is 12.4. The number of carbonyl (C=O) groups is 1. The van der Waals surface area contributed by atoms with Crippen molar-refractivity contribution in [1.82, 2.24) is 20.0 Å². The lowest BCUT2D eigenvalue weighted by atomic mass is 10.2. The minimum Gasteiger partial charge on any atom is -0.324 e. The average molecular weight is 455 g/mol. The van der Waals surface area contributed by atoms with Gasteiger partial charge in [0.15, 0.2) is 11.0 Å². The van der Waals surface area contributed by atoms with E-state index in [1.807, 2.05) is 0 Å². The highest BCUT2D eigenvalue weighted by atomic mass is 35.5. The minimum atomic E-state index is -3.87. The molecule has 152 valence electrons. The number of sulfonamides is 1. The average Bonchev–Trinajstić information content (AvgIpc) is 3.02. The van der Waals surface area contributed by atoms with Gasteiger partial charge in [-0.05, 0) is 50.2 Å². The summed E-state index contributed by atoms with van der Waals surface area (Å²) in [5.41, 5.74) is 1.06. The van der Waals surface area contributed by atoms with Gasteiger partial charge in [0.2, 0.25) is 5.91 Å². The molecule has 1 unspecified atom stereocenters. The third-order valence-electron chi connectivity index (χ3n) is 3.94. The summed E-state index contributed by atoms with van der Waals surface area (Å²) in [6.07, 6.45) is 1.57. The Kier molecular flexibility index (Phi) is 6.06. The Morgan fingerprint density at radius 1 is 1.10 bits per heavy atom. The van der Waals surface area contributed by atoms with Gasteiger partial charge in [-0.2, -0.15) is 5.10 Å². The van der Waals surface area contributed by atoms with E-state index in [1.165, 1.54) is 41.1 Å². The smallest absolute Gasteiger partial charge is 0.263 e. The molecule has 0 aliphatic heterocycles. The number of benzene rings is 1. The third-order valence-corrected chi connectivity index (χ3v) is 5.88. The second-order valence-corrected chi connectivity index (χ2v) is 8.56. The first-order valence-corrected chi connectivity index (χ1v) is 10.5. The number of amides is 1. The number of aryl methyl sites for hydroxylation is 1. The van der Waals surface area contributed by atoms with Crippen molar-refractivity contribution in [1.29, 1.82) is 0 Å². The molecule has 0 saturated carbocycles. The first kappa shape index (κ1) is 21.0. The van der Waals surface area contributed by atoms with Crippen molar-refractivity contribution in [2.24, 2.45) is 0 Å². The number of anilines is 2. The molecule has 0 aliphatic rings. The molecule has 0 saturated heterocycles. The van der Waals surface area contributed by atoms with Gasteiger partial charge in [0, 0.05) is 11.9 Å². The summed E-state index contributed by atoms with van der Waals surface area (Å²) >= 11 is 11.6. The fraction of sp³-hybridized carbons (Fsp3) is 0.176. The highest BCUT2D eigenvalue weighted by Gasteiger charge is 2.19. The van der Waals surface area contributed by atoms with Crippen LogP contribution in [0.15, 0.2) is 47.5 Å². The van der Waals surface area contributed by atoms with E-state index in [-0.39, 0.29) is 21.8 Å². The van der Waals surface area contributed by atoms with Crippen LogP contribution in [0.25, 0.3) is 0 Å². The fourth-order valence-corrected chi connectivity index (χ4v) is 3.54. The normalized spacial score (nSPS) is 12.4. The van der Waals surface area contributed by atoms with Crippen LogP contribution < -0.4 is 10.0 Å². The van der Waals surface area contributed by atoms with Crippen molar-refractivity contribution < 1.29 is 13.2 Å². The molecule has 0 radical (unpaired) electrons. The Morgan fingerprint density at radius 2 is 1.79 bits per heavy atom. The monoisotopic (exact) mass is 454 g/mol. The van der Waals surface area contributed by atoms with Crippen LogP contribution >= 0.6 is 23.2 Å². The molecule has 2 N–H and O–H groups in total. The molecule has 0 aliphatic carbocycles. The second-order valence-electron chi connectivity index (χ2n) is 6.08. The van der Waals surface area contributed by atoms with Gasteiger partial charge in [-0.1, -0.05) is 23.2 Å². The van der Waals surface area contributed by atoms with Crippen molar-refractivity contribution >= 4 is 50.6 Å². The number of aromatic nitrogens is 4. The first-order valence-electron chi connectivity index (χ1n) is 8.30. The van der Waals surface area contributed by atoms with E-state index in [9.17, 15) is 13.2 Å². The van der Waals surface area contributed by atoms with E-state index in [0.29, 0.717) is 16.4 Å². The molecule has 2 heterocycles. The van der Waals surface area contributed by atoms with Gasteiger partial charge in [-0.25, -0.2) is 8.42 Å². The van der Waals surface area contributed by atoms with Crippen LogP contribution in [0.3, 0.4) is 0 Å². The molecule has 1 amide bonds. The Balaban J connectivity index is 1.69. The fourth-order valence-electron chi connectivity index (χ4n) is 2.31. The zero-order valence-corrected chi connectivity index (χ0v) is 17.6. The molecule has 29 heavy (non-hydrogen) atoms. The lowest BCUT2D eigenvalue weighted by Crippen LogP contribution is -2.24. The minimum absolute atomic E-state index is 0.00483. The summed E-state index contributed by atoms with van der Waals surface area (Å²) in [4.78, 5) is 12.4. The van der Waals surface area contributed by atoms with Crippen molar-refractivity contribution in [3.05, 3.63) is 58.5 Å². The zero-order chi connectivity index (χ0) is 21.2. The number of nitrogens with zero attached hydrogens (tertiary/aromatic N) is 4. The van der Waals surface area contributed by atoms with Gasteiger partial charge >= 0.3 is 0 Å². The van der Waals surface area contributed by atoms with Crippen molar-refractivity contribution in [3.8, 4) is 0 Å². The molecule has 0 spiro atoms. The summed E-state index contributed by atoms with van der Waals surface area (Å²) in [5.74, 6) is -0.289. The molecule has 3 aromatic rings. The Hall–Kier alpha value is -2.69. The predicted molar refractivity (Wildman–Crippen MR) is 110 cm³/mol. The lowest BCUT2D eigenvalue weighted by molar-refractivity contribution is -0.119. The zero-order valence-electron chi connectivity index (χ0n) is 15.3. The van der Waals surface area contributed by atoms with Gasteiger partial charge in [0.1, 0.15) is 6.04 Å². The topological polar surface area (TPSA) is 119 Å². The van der Waals surface area contributed by atoms with E-state index >= 15 is 0 Å². The van der Waals surface area contributed by atoms with Crippen molar-refractivity contribution in [2.75, 3.05) is 10.0 Å². The van der Waals surface area contributed by atoms with Gasteiger partial charge in [-0.3, -0.25) is 14.2 Å². The molecular formula is C17H16Cl2N6O3S. The summed E-state index contributed by atoms with van der Waals surface area (Å²) < 4.78 is 28.6. The number of rotatable bonds is 6. The van der Waals surface area contributed by atoms with Crippen LogP contribution in [-0.2, 0) is 14.8 Å². The van der Waals surface area contributed by atoms with Gasteiger partial charge in [0.05, 0.1) is 15.6 Å². The quantitative estimate of drug-likeness (QED) is 0.589. The Labute approximate surface area is 177 Å². The molecule has 9 nitrogen and oxygen atoms in total. The summed E-state index contributed by atoms with van der Waals surface area (Å²) in [6.45, 7) is 3.42. The van der Waals surface area contributed by atoms with Crippen LogP contribution in [0.4, 0.5) is 11.5 Å². The summed E-state index contributed by atoms with van der Waals surface area (Å²) in [5, 5.41) is 14.7. The van der Waals surface area contributed by atoms with Gasteiger partial charge in [-0.15, -0.1) is 10.2 Å². The number of halogens is 2. The molecular weight excluding hydrogens is 439 g/mol. The first-order chi connectivity index (χ1) is 13.7. The van der Waals surface area contributed by atoms with E-state index in [2.05, 4.69) is 25.3 Å². The Morgan fingerprint density at radius 3 is 2.34 bits per heavy atom.